The maximum atomic E-state index is 11.3. The van der Waals surface area contributed by atoms with E-state index in [1.165, 1.54) is 6.26 Å². The van der Waals surface area contributed by atoms with Crippen molar-refractivity contribution >= 4 is 10.0 Å². The van der Waals surface area contributed by atoms with Gasteiger partial charge in [0.05, 0.1) is 30.5 Å². The van der Waals surface area contributed by atoms with Gasteiger partial charge < -0.3 is 4.42 Å². The van der Waals surface area contributed by atoms with Gasteiger partial charge in [-0.05, 0) is 12.1 Å². The van der Waals surface area contributed by atoms with Crippen LogP contribution in [0, 0.1) is 0 Å². The Kier molecular flexibility index (Phi) is 3.83. The summed E-state index contributed by atoms with van der Waals surface area (Å²) in [5.41, 5.74) is 2.20. The first kappa shape index (κ1) is 14.3. The average molecular weight is 310 g/mol. The molecule has 1 atom stereocenters. The second-order valence-corrected chi connectivity index (χ2v) is 7.18. The molecule has 7 nitrogen and oxygen atoms in total. The van der Waals surface area contributed by atoms with Gasteiger partial charge in [-0.15, -0.1) is 0 Å². The lowest BCUT2D eigenvalue weighted by Gasteiger charge is -2.33. The molecule has 0 unspecified atom stereocenters. The highest BCUT2D eigenvalue weighted by Crippen LogP contribution is 2.21. The molecule has 0 saturated heterocycles. The molecule has 3 rings (SSSR count). The van der Waals surface area contributed by atoms with E-state index in [0.717, 1.165) is 30.9 Å². The summed E-state index contributed by atoms with van der Waals surface area (Å²) >= 11 is 0. The molecule has 114 valence electrons. The van der Waals surface area contributed by atoms with Gasteiger partial charge in [0.2, 0.25) is 10.0 Å². The lowest BCUT2D eigenvalue weighted by molar-refractivity contribution is 0.167. The molecule has 1 aliphatic rings. The summed E-state index contributed by atoms with van der Waals surface area (Å²) in [7, 11) is -3.20. The van der Waals surface area contributed by atoms with Gasteiger partial charge in [0.25, 0.3) is 0 Å². The topological polar surface area (TPSA) is 80.4 Å². The van der Waals surface area contributed by atoms with Gasteiger partial charge in [0.15, 0.2) is 0 Å². The van der Waals surface area contributed by atoms with E-state index in [0.29, 0.717) is 6.54 Å². The molecule has 0 saturated carbocycles. The Morgan fingerprint density at radius 1 is 1.48 bits per heavy atom. The van der Waals surface area contributed by atoms with Gasteiger partial charge in [-0.1, -0.05) is 0 Å². The first-order chi connectivity index (χ1) is 10.0. The third kappa shape index (κ3) is 3.52. The van der Waals surface area contributed by atoms with Gasteiger partial charge in [-0.3, -0.25) is 9.58 Å². The number of hydrogen-bond donors (Lipinski definition) is 1. The van der Waals surface area contributed by atoms with E-state index in [1.54, 1.807) is 18.7 Å². The molecule has 0 radical (unpaired) electrons. The van der Waals surface area contributed by atoms with Gasteiger partial charge in [-0.25, -0.2) is 13.1 Å². The van der Waals surface area contributed by atoms with Crippen LogP contribution >= 0.6 is 0 Å². The lowest BCUT2D eigenvalue weighted by Crippen LogP contribution is -2.42. The third-order valence-electron chi connectivity index (χ3n) is 3.52. The smallest absolute Gasteiger partial charge is 0.208 e. The number of nitrogens with zero attached hydrogens (tertiary/aromatic N) is 3. The largest absolute Gasteiger partial charge is 0.472 e. The molecule has 21 heavy (non-hydrogen) atoms. The monoisotopic (exact) mass is 310 g/mol. The number of sulfonamides is 1. The van der Waals surface area contributed by atoms with Crippen molar-refractivity contribution in [2.45, 2.75) is 19.1 Å². The molecule has 0 aromatic carbocycles. The fourth-order valence-corrected chi connectivity index (χ4v) is 3.12. The van der Waals surface area contributed by atoms with E-state index in [9.17, 15) is 8.42 Å². The first-order valence-electron chi connectivity index (χ1n) is 6.72. The molecule has 1 aliphatic heterocycles. The number of furan rings is 1. The number of aromatic nitrogens is 2. The van der Waals surface area contributed by atoms with Crippen molar-refractivity contribution < 1.29 is 12.8 Å². The number of fused-ring (bicyclic) bond motifs is 1. The van der Waals surface area contributed by atoms with Crippen LogP contribution in [0.25, 0.3) is 0 Å². The molecule has 1 N–H and O–H groups in total. The van der Waals surface area contributed by atoms with Crippen LogP contribution in [0.15, 0.2) is 35.3 Å². The van der Waals surface area contributed by atoms with Crippen LogP contribution in [0.2, 0.25) is 0 Å². The summed E-state index contributed by atoms with van der Waals surface area (Å²) in [4.78, 5) is 2.26. The predicted octanol–water partition coefficient (Wildman–Crippen LogP) is 0.582. The summed E-state index contributed by atoms with van der Waals surface area (Å²) in [6, 6.07) is 3.90. The van der Waals surface area contributed by atoms with Crippen LogP contribution < -0.4 is 4.72 Å². The normalized spacial score (nSPS) is 19.6. The summed E-state index contributed by atoms with van der Waals surface area (Å²) in [5, 5.41) is 4.31. The second kappa shape index (κ2) is 5.63. The van der Waals surface area contributed by atoms with Gasteiger partial charge >= 0.3 is 0 Å². The molecule has 8 heteroatoms. The van der Waals surface area contributed by atoms with Crippen molar-refractivity contribution in [2.75, 3.05) is 19.3 Å². The van der Waals surface area contributed by atoms with E-state index in [2.05, 4.69) is 14.7 Å². The van der Waals surface area contributed by atoms with Crippen LogP contribution in [-0.4, -0.2) is 42.4 Å². The average Bonchev–Trinajstić information content (AvgIpc) is 3.05. The Labute approximate surface area is 123 Å². The van der Waals surface area contributed by atoms with Crippen LogP contribution in [-0.2, 0) is 23.1 Å². The zero-order chi connectivity index (χ0) is 14.9. The van der Waals surface area contributed by atoms with Crippen LogP contribution in [0.5, 0.6) is 0 Å². The highest BCUT2D eigenvalue weighted by Gasteiger charge is 2.26. The predicted molar refractivity (Wildman–Crippen MR) is 76.9 cm³/mol. The fourth-order valence-electron chi connectivity index (χ4n) is 2.62. The molecule has 3 heterocycles. The van der Waals surface area contributed by atoms with E-state index in [4.69, 9.17) is 4.42 Å². The summed E-state index contributed by atoms with van der Waals surface area (Å²) in [5.74, 6) is 0. The molecule has 0 aliphatic carbocycles. The first-order valence-corrected chi connectivity index (χ1v) is 8.61. The number of hydrogen-bond acceptors (Lipinski definition) is 5. The quantitative estimate of drug-likeness (QED) is 0.874. The summed E-state index contributed by atoms with van der Waals surface area (Å²) in [6.07, 6.45) is 6.31. The zero-order valence-corrected chi connectivity index (χ0v) is 12.6. The van der Waals surface area contributed by atoms with E-state index < -0.39 is 10.0 Å². The van der Waals surface area contributed by atoms with Crippen molar-refractivity contribution in [3.63, 3.8) is 0 Å². The minimum absolute atomic E-state index is 0.00891. The lowest BCUT2D eigenvalue weighted by atomic mass is 10.1. The molecular weight excluding hydrogens is 292 g/mol. The fraction of sp³-hybridized carbons (Fsp3) is 0.462. The molecule has 2 aromatic heterocycles. The Hall–Kier alpha value is -1.64. The highest BCUT2D eigenvalue weighted by molar-refractivity contribution is 7.88. The van der Waals surface area contributed by atoms with Gasteiger partial charge in [0, 0.05) is 37.9 Å². The third-order valence-corrected chi connectivity index (χ3v) is 4.21. The van der Waals surface area contributed by atoms with Crippen molar-refractivity contribution in [2.24, 2.45) is 0 Å². The summed E-state index contributed by atoms with van der Waals surface area (Å²) < 4.78 is 32.2. The molecule has 2 aromatic rings. The van der Waals surface area contributed by atoms with Crippen molar-refractivity contribution in [1.82, 2.24) is 19.4 Å². The Balaban J connectivity index is 1.73. The van der Waals surface area contributed by atoms with Crippen LogP contribution in [0.4, 0.5) is 0 Å². The van der Waals surface area contributed by atoms with Crippen molar-refractivity contribution in [3.05, 3.63) is 42.1 Å². The standard InChI is InChI=1S/C13H18N4O3S/c1-21(18,19)15-6-13-9-16(7-11-3-5-20-10-11)8-12-2-4-14-17(12)13/h2-5,10,13,15H,6-9H2,1H3/t13-/m0/s1. The Bertz CT molecular complexity index is 693. The molecule has 0 fully saturated rings. The SMILES string of the molecule is CS(=O)(=O)NC[C@H]1CN(Cc2ccoc2)Cc2ccnn21. The van der Waals surface area contributed by atoms with Crippen molar-refractivity contribution in [3.8, 4) is 0 Å². The Morgan fingerprint density at radius 3 is 3.05 bits per heavy atom. The minimum atomic E-state index is -3.20. The maximum absolute atomic E-state index is 11.3. The zero-order valence-electron chi connectivity index (χ0n) is 11.8. The van der Waals surface area contributed by atoms with Crippen LogP contribution in [0.3, 0.4) is 0 Å². The highest BCUT2D eigenvalue weighted by atomic mass is 32.2. The van der Waals surface area contributed by atoms with E-state index in [1.807, 2.05) is 16.8 Å². The van der Waals surface area contributed by atoms with Gasteiger partial charge in [0.1, 0.15) is 0 Å². The molecule has 0 spiro atoms. The Morgan fingerprint density at radius 2 is 2.33 bits per heavy atom. The number of nitrogens with one attached hydrogen (secondary N) is 1. The van der Waals surface area contributed by atoms with E-state index >= 15 is 0 Å². The molecule has 0 bridgehead atoms. The minimum Gasteiger partial charge on any atom is -0.472 e. The molecule has 0 amide bonds. The maximum Gasteiger partial charge on any atom is 0.208 e. The van der Waals surface area contributed by atoms with Gasteiger partial charge in [-0.2, -0.15) is 5.10 Å². The van der Waals surface area contributed by atoms with Crippen LogP contribution in [0.1, 0.15) is 17.3 Å². The van der Waals surface area contributed by atoms with E-state index in [-0.39, 0.29) is 6.04 Å². The number of rotatable bonds is 5. The molecular formula is C13H18N4O3S. The second-order valence-electron chi connectivity index (χ2n) is 5.34. The van der Waals surface area contributed by atoms with Crippen molar-refractivity contribution in [1.29, 1.82) is 0 Å². The summed E-state index contributed by atoms with van der Waals surface area (Å²) in [6.45, 7) is 2.65.